The number of benzene rings is 2. The van der Waals surface area contributed by atoms with Crippen LogP contribution in [0, 0.1) is 18.3 Å². The number of likely N-dealkylation sites (N-methyl/N-ethyl adjacent to an activating group) is 1. The molecule has 2 heteroatoms. The molecule has 1 heterocycles. The monoisotopic (exact) mass is 600 g/mol. The quantitative estimate of drug-likeness (QED) is 0.229. The lowest BCUT2D eigenvalue weighted by molar-refractivity contribution is 0.318. The van der Waals surface area contributed by atoms with E-state index in [9.17, 15) is 0 Å². The second-order valence-electron chi connectivity index (χ2n) is 14.7. The van der Waals surface area contributed by atoms with Gasteiger partial charge in [-0.15, -0.1) is 0 Å². The van der Waals surface area contributed by atoms with E-state index in [1.807, 2.05) is 6.08 Å². The second-order valence-corrected chi connectivity index (χ2v) is 14.7. The number of rotatable bonds is 9. The van der Waals surface area contributed by atoms with E-state index in [2.05, 4.69) is 166 Å². The van der Waals surface area contributed by atoms with Crippen LogP contribution in [0.4, 0.5) is 0 Å². The average molecular weight is 601 g/mol. The van der Waals surface area contributed by atoms with Crippen molar-refractivity contribution in [2.45, 2.75) is 92.0 Å². The normalized spacial score (nSPS) is 20.7. The molecule has 1 aliphatic carbocycles. The van der Waals surface area contributed by atoms with Gasteiger partial charge in [0.25, 0.3) is 0 Å². The van der Waals surface area contributed by atoms with Crippen LogP contribution in [-0.2, 0) is 10.8 Å². The largest absolute Gasteiger partial charge is 0.347 e. The van der Waals surface area contributed by atoms with Gasteiger partial charge in [-0.3, -0.25) is 0 Å². The van der Waals surface area contributed by atoms with E-state index in [0.717, 1.165) is 18.4 Å². The van der Waals surface area contributed by atoms with Crippen molar-refractivity contribution < 1.29 is 0 Å². The molecule has 0 aromatic heterocycles. The lowest BCUT2D eigenvalue weighted by Gasteiger charge is -2.46. The molecule has 0 bridgehead atoms. The Morgan fingerprint density at radius 1 is 1.02 bits per heavy atom. The molecular formula is C43H56N2. The van der Waals surface area contributed by atoms with E-state index in [1.54, 1.807) is 0 Å². The van der Waals surface area contributed by atoms with Crippen molar-refractivity contribution in [2.75, 3.05) is 7.05 Å². The Morgan fingerprint density at radius 2 is 1.67 bits per heavy atom. The van der Waals surface area contributed by atoms with Crippen LogP contribution in [-0.4, -0.2) is 18.0 Å². The third-order valence-corrected chi connectivity index (χ3v) is 10.7. The number of nitrogens with two attached hydrogens (primary N) is 1. The number of nitrogens with zero attached hydrogens (tertiary/aromatic N) is 1. The molecule has 1 aliphatic heterocycles. The highest BCUT2D eigenvalue weighted by Crippen LogP contribution is 2.54. The Kier molecular flexibility index (Phi) is 9.90. The molecular weight excluding hydrogens is 544 g/mol. The van der Waals surface area contributed by atoms with E-state index < -0.39 is 5.41 Å². The minimum absolute atomic E-state index is 0.00253. The fraction of sp³-hybridized carbons (Fsp3) is 0.395. The van der Waals surface area contributed by atoms with Gasteiger partial charge in [0.05, 0.1) is 0 Å². The maximum atomic E-state index is 7.23. The zero-order valence-corrected chi connectivity index (χ0v) is 29.6. The van der Waals surface area contributed by atoms with E-state index >= 15 is 0 Å². The fourth-order valence-electron chi connectivity index (χ4n) is 7.56. The van der Waals surface area contributed by atoms with Crippen LogP contribution < -0.4 is 5.73 Å². The molecule has 0 spiro atoms. The van der Waals surface area contributed by atoms with Gasteiger partial charge in [-0.2, -0.15) is 0 Å². The molecule has 2 nitrogen and oxygen atoms in total. The summed E-state index contributed by atoms with van der Waals surface area (Å²) < 4.78 is 0. The van der Waals surface area contributed by atoms with E-state index in [4.69, 9.17) is 5.73 Å². The summed E-state index contributed by atoms with van der Waals surface area (Å²) in [6.45, 7) is 28.7. The Bertz CT molecular complexity index is 1600. The van der Waals surface area contributed by atoms with E-state index in [-0.39, 0.29) is 22.8 Å². The SMILES string of the molecule is C=C/C=C(\C)C(C)(C)c1cccc(C(C=CC)(C(C)N)C2CC=C(c3ccccc3)C3=C2C/C(=C\C(=C)C(C)(C)C)N3C)c1C. The molecule has 0 amide bonds. The van der Waals surface area contributed by atoms with E-state index in [0.29, 0.717) is 0 Å². The second kappa shape index (κ2) is 13.0. The smallest absolute Gasteiger partial charge is 0.0481 e. The van der Waals surface area contributed by atoms with E-state index in [1.165, 1.54) is 50.4 Å². The van der Waals surface area contributed by atoms with Crippen LogP contribution in [0.3, 0.4) is 0 Å². The van der Waals surface area contributed by atoms with Crippen LogP contribution in [0.25, 0.3) is 5.57 Å². The van der Waals surface area contributed by atoms with Crippen LogP contribution in [0.5, 0.6) is 0 Å². The van der Waals surface area contributed by atoms with Gasteiger partial charge in [0.2, 0.25) is 0 Å². The molecule has 0 radical (unpaired) electrons. The van der Waals surface area contributed by atoms with Crippen LogP contribution in [0.1, 0.15) is 90.5 Å². The van der Waals surface area contributed by atoms with Crippen molar-refractivity contribution in [1.82, 2.24) is 4.90 Å². The highest BCUT2D eigenvalue weighted by atomic mass is 15.1. The molecule has 238 valence electrons. The fourth-order valence-corrected chi connectivity index (χ4v) is 7.56. The van der Waals surface area contributed by atoms with Gasteiger partial charge in [0.1, 0.15) is 0 Å². The zero-order chi connectivity index (χ0) is 33.3. The van der Waals surface area contributed by atoms with Crippen molar-refractivity contribution in [2.24, 2.45) is 17.1 Å². The van der Waals surface area contributed by atoms with Gasteiger partial charge in [-0.25, -0.2) is 0 Å². The topological polar surface area (TPSA) is 29.3 Å². The Morgan fingerprint density at radius 3 is 2.24 bits per heavy atom. The summed E-state index contributed by atoms with van der Waals surface area (Å²) in [6.07, 6.45) is 15.3. The summed E-state index contributed by atoms with van der Waals surface area (Å²) >= 11 is 0. The maximum Gasteiger partial charge on any atom is 0.0481 e. The standard InChI is InChI=1S/C43H56N2/c1-13-19-29(3)42(10,11)37-22-18-23-38(31(37)5)43(26-14-2,32(6)44)39-25-24-35(33-20-16-15-17-21-33)40-36(39)28-34(45(40)12)27-30(4)41(7,8)9/h13-24,26-27,32,39H,1,4,25,28,44H2,2-3,5-12H3/b26-14?,29-19+,34-27+. The third kappa shape index (κ3) is 6.15. The first kappa shape index (κ1) is 34.3. The molecule has 2 aliphatic rings. The molecule has 0 saturated carbocycles. The first-order valence-electron chi connectivity index (χ1n) is 16.5. The van der Waals surface area contributed by atoms with Gasteiger partial charge in [-0.1, -0.05) is 132 Å². The van der Waals surface area contributed by atoms with Crippen molar-refractivity contribution in [3.05, 3.63) is 149 Å². The highest BCUT2D eigenvalue weighted by molar-refractivity contribution is 5.82. The van der Waals surface area contributed by atoms with Gasteiger partial charge in [-0.05, 0) is 79.0 Å². The van der Waals surface area contributed by atoms with Crippen LogP contribution in [0.2, 0.25) is 0 Å². The molecule has 2 aromatic rings. The minimum atomic E-state index is -0.405. The maximum absolute atomic E-state index is 7.23. The van der Waals surface area contributed by atoms with Crippen LogP contribution in [0.15, 0.2) is 126 Å². The van der Waals surface area contributed by atoms with Crippen molar-refractivity contribution >= 4 is 5.57 Å². The van der Waals surface area contributed by atoms with Crippen molar-refractivity contribution in [3.63, 3.8) is 0 Å². The first-order chi connectivity index (χ1) is 21.1. The average Bonchev–Trinajstić information content (AvgIpc) is 3.31. The highest BCUT2D eigenvalue weighted by Gasteiger charge is 2.48. The number of allylic oxidation sites excluding steroid dienone is 9. The summed E-state index contributed by atoms with van der Waals surface area (Å²) in [7, 11) is 2.23. The Labute approximate surface area is 274 Å². The lowest BCUT2D eigenvalue weighted by Crippen LogP contribution is -2.49. The summed E-state index contributed by atoms with van der Waals surface area (Å²) in [5, 5.41) is 0. The summed E-state index contributed by atoms with van der Waals surface area (Å²) in [4.78, 5) is 2.43. The Hall–Kier alpha value is -3.62. The zero-order valence-electron chi connectivity index (χ0n) is 29.6. The van der Waals surface area contributed by atoms with Gasteiger partial charge in [0.15, 0.2) is 0 Å². The van der Waals surface area contributed by atoms with Gasteiger partial charge >= 0.3 is 0 Å². The van der Waals surface area contributed by atoms with Gasteiger partial charge < -0.3 is 10.6 Å². The molecule has 3 atom stereocenters. The lowest BCUT2D eigenvalue weighted by atomic mass is 9.58. The summed E-state index contributed by atoms with van der Waals surface area (Å²) in [5.74, 6) is 0.189. The Balaban J connectivity index is 2.00. The third-order valence-electron chi connectivity index (χ3n) is 10.7. The molecule has 0 saturated heterocycles. The van der Waals surface area contributed by atoms with Crippen molar-refractivity contribution in [3.8, 4) is 0 Å². The van der Waals surface area contributed by atoms with Crippen molar-refractivity contribution in [1.29, 1.82) is 0 Å². The molecule has 45 heavy (non-hydrogen) atoms. The predicted octanol–water partition coefficient (Wildman–Crippen LogP) is 10.7. The summed E-state index contributed by atoms with van der Waals surface area (Å²) in [6, 6.07) is 17.6. The minimum Gasteiger partial charge on any atom is -0.347 e. The van der Waals surface area contributed by atoms with Crippen LogP contribution >= 0.6 is 0 Å². The first-order valence-corrected chi connectivity index (χ1v) is 16.5. The molecule has 3 unspecified atom stereocenters. The number of hydrogen-bond acceptors (Lipinski definition) is 2. The molecule has 0 fully saturated rings. The molecule has 2 aromatic carbocycles. The van der Waals surface area contributed by atoms with Gasteiger partial charge in [0, 0.05) is 53.2 Å². The number of hydrogen-bond donors (Lipinski definition) is 1. The summed E-state index contributed by atoms with van der Waals surface area (Å²) in [5.41, 5.74) is 19.7. The predicted molar refractivity (Wildman–Crippen MR) is 197 cm³/mol. The molecule has 4 rings (SSSR count). The molecule has 2 N–H and O–H groups in total.